The van der Waals surface area contributed by atoms with Gasteiger partial charge in [-0.15, -0.1) is 0 Å². The largest absolute Gasteiger partial charge is 0.496 e. The zero-order valence-corrected chi connectivity index (χ0v) is 11.2. The molecule has 1 aromatic rings. The van der Waals surface area contributed by atoms with Crippen LogP contribution in [0.15, 0.2) is 18.2 Å². The lowest BCUT2D eigenvalue weighted by atomic mass is 10.1. The van der Waals surface area contributed by atoms with Crippen molar-refractivity contribution in [1.29, 1.82) is 0 Å². The average Bonchev–Trinajstić information content (AvgIpc) is 2.42. The highest BCUT2D eigenvalue weighted by Crippen LogP contribution is 2.25. The van der Waals surface area contributed by atoms with Crippen molar-refractivity contribution in [3.8, 4) is 5.75 Å². The number of thioether (sulfide) groups is 1. The lowest BCUT2D eigenvalue weighted by Crippen LogP contribution is -2.37. The zero-order chi connectivity index (χ0) is 13.8. The SMILES string of the molecule is COc1ccc(C=O)cc1CN1C(=O)CCSC1=O. The Morgan fingerprint density at radius 1 is 1.42 bits per heavy atom. The predicted octanol–water partition coefficient (Wildman–Crippen LogP) is 2.09. The van der Waals surface area contributed by atoms with E-state index in [1.54, 1.807) is 18.2 Å². The number of aldehydes is 1. The number of amides is 2. The second-order valence-corrected chi connectivity index (χ2v) is 5.08. The molecule has 0 atom stereocenters. The van der Waals surface area contributed by atoms with Gasteiger partial charge in [-0.05, 0) is 18.2 Å². The Morgan fingerprint density at radius 3 is 2.84 bits per heavy atom. The molecule has 0 aliphatic carbocycles. The van der Waals surface area contributed by atoms with Crippen molar-refractivity contribution in [2.45, 2.75) is 13.0 Å². The van der Waals surface area contributed by atoms with Crippen LogP contribution in [0.5, 0.6) is 5.75 Å². The molecule has 0 N–H and O–H groups in total. The van der Waals surface area contributed by atoms with E-state index in [-0.39, 0.29) is 17.7 Å². The van der Waals surface area contributed by atoms with Gasteiger partial charge in [0.25, 0.3) is 5.24 Å². The van der Waals surface area contributed by atoms with Crippen LogP contribution in [0, 0.1) is 0 Å². The van der Waals surface area contributed by atoms with Gasteiger partial charge >= 0.3 is 0 Å². The van der Waals surface area contributed by atoms with Crippen molar-refractivity contribution in [2.75, 3.05) is 12.9 Å². The maximum atomic E-state index is 11.7. The number of imide groups is 1. The summed E-state index contributed by atoms with van der Waals surface area (Å²) in [5.41, 5.74) is 1.14. The van der Waals surface area contributed by atoms with Crippen LogP contribution in [-0.4, -0.2) is 35.2 Å². The minimum Gasteiger partial charge on any atom is -0.496 e. The number of methoxy groups -OCH3 is 1. The standard InChI is InChI=1S/C13H13NO4S/c1-18-11-3-2-9(8-15)6-10(11)7-14-12(16)4-5-19-13(14)17/h2-3,6,8H,4-5,7H2,1H3. The third kappa shape index (κ3) is 2.96. The summed E-state index contributed by atoms with van der Waals surface area (Å²) < 4.78 is 5.18. The van der Waals surface area contributed by atoms with Gasteiger partial charge in [-0.3, -0.25) is 19.3 Å². The van der Waals surface area contributed by atoms with E-state index in [2.05, 4.69) is 0 Å². The Morgan fingerprint density at radius 2 is 2.21 bits per heavy atom. The molecule has 1 saturated heterocycles. The Bertz CT molecular complexity index is 513. The summed E-state index contributed by atoms with van der Waals surface area (Å²) >= 11 is 1.13. The topological polar surface area (TPSA) is 63.7 Å². The predicted molar refractivity (Wildman–Crippen MR) is 71.4 cm³/mol. The van der Waals surface area contributed by atoms with Crippen molar-refractivity contribution in [3.63, 3.8) is 0 Å². The Kier molecular flexibility index (Phi) is 4.21. The molecule has 1 aliphatic rings. The Hall–Kier alpha value is -1.82. The summed E-state index contributed by atoms with van der Waals surface area (Å²) in [6, 6.07) is 4.92. The number of rotatable bonds is 4. The van der Waals surface area contributed by atoms with Crippen LogP contribution < -0.4 is 4.74 Å². The molecule has 100 valence electrons. The number of hydrogen-bond acceptors (Lipinski definition) is 5. The van der Waals surface area contributed by atoms with E-state index in [0.717, 1.165) is 18.0 Å². The summed E-state index contributed by atoms with van der Waals surface area (Å²) in [6.07, 6.45) is 1.07. The van der Waals surface area contributed by atoms with E-state index in [1.807, 2.05) is 0 Å². The molecule has 5 nitrogen and oxygen atoms in total. The molecule has 1 aliphatic heterocycles. The molecule has 2 rings (SSSR count). The second kappa shape index (κ2) is 5.88. The van der Waals surface area contributed by atoms with Gasteiger partial charge in [0.05, 0.1) is 13.7 Å². The third-order valence-electron chi connectivity index (χ3n) is 2.83. The summed E-state index contributed by atoms with van der Waals surface area (Å²) in [4.78, 5) is 35.4. The average molecular weight is 279 g/mol. The number of nitrogens with zero attached hydrogens (tertiary/aromatic N) is 1. The third-order valence-corrected chi connectivity index (χ3v) is 3.71. The molecule has 0 spiro atoms. The van der Waals surface area contributed by atoms with Gasteiger partial charge in [-0.1, -0.05) is 11.8 Å². The van der Waals surface area contributed by atoms with Gasteiger partial charge in [-0.25, -0.2) is 0 Å². The van der Waals surface area contributed by atoms with Gasteiger partial charge in [0.1, 0.15) is 12.0 Å². The van der Waals surface area contributed by atoms with E-state index in [9.17, 15) is 14.4 Å². The van der Waals surface area contributed by atoms with Gasteiger partial charge in [0, 0.05) is 23.3 Å². The summed E-state index contributed by atoms with van der Waals surface area (Å²) in [7, 11) is 1.51. The fourth-order valence-corrected chi connectivity index (χ4v) is 2.63. The molecule has 0 saturated carbocycles. The molecular formula is C13H13NO4S. The molecule has 0 bridgehead atoms. The van der Waals surface area contributed by atoms with Crippen molar-refractivity contribution in [3.05, 3.63) is 29.3 Å². The first-order valence-electron chi connectivity index (χ1n) is 5.75. The first-order chi connectivity index (χ1) is 9.15. The fraction of sp³-hybridized carbons (Fsp3) is 0.308. The highest BCUT2D eigenvalue weighted by atomic mass is 32.2. The highest BCUT2D eigenvalue weighted by molar-refractivity contribution is 8.13. The Labute approximate surface area is 114 Å². The normalized spacial score (nSPS) is 15.5. The molecule has 19 heavy (non-hydrogen) atoms. The number of ether oxygens (including phenoxy) is 1. The van der Waals surface area contributed by atoms with E-state index in [0.29, 0.717) is 29.1 Å². The van der Waals surface area contributed by atoms with E-state index in [4.69, 9.17) is 4.74 Å². The van der Waals surface area contributed by atoms with Crippen LogP contribution in [0.1, 0.15) is 22.3 Å². The molecule has 2 amide bonds. The van der Waals surface area contributed by atoms with Crippen molar-refractivity contribution >= 4 is 29.2 Å². The van der Waals surface area contributed by atoms with Gasteiger partial charge in [0.2, 0.25) is 5.91 Å². The van der Waals surface area contributed by atoms with Crippen LogP contribution in [0.4, 0.5) is 4.79 Å². The summed E-state index contributed by atoms with van der Waals surface area (Å²) in [5, 5.41) is -0.255. The fourth-order valence-electron chi connectivity index (χ4n) is 1.86. The van der Waals surface area contributed by atoms with Crippen molar-refractivity contribution in [1.82, 2.24) is 4.90 Å². The Balaban J connectivity index is 2.28. The minimum absolute atomic E-state index is 0.134. The number of benzene rings is 1. The molecule has 0 aromatic heterocycles. The minimum atomic E-state index is -0.255. The molecule has 1 fully saturated rings. The quantitative estimate of drug-likeness (QED) is 0.790. The first-order valence-corrected chi connectivity index (χ1v) is 6.73. The lowest BCUT2D eigenvalue weighted by Gasteiger charge is -2.24. The van der Waals surface area contributed by atoms with Gasteiger partial charge in [0.15, 0.2) is 0 Å². The monoisotopic (exact) mass is 279 g/mol. The molecule has 1 heterocycles. The second-order valence-electron chi connectivity index (χ2n) is 4.03. The van der Waals surface area contributed by atoms with Gasteiger partial charge in [-0.2, -0.15) is 0 Å². The van der Waals surface area contributed by atoms with Gasteiger partial charge < -0.3 is 4.74 Å². The summed E-state index contributed by atoms with van der Waals surface area (Å²) in [5.74, 6) is 0.892. The van der Waals surface area contributed by atoms with Crippen molar-refractivity contribution in [2.24, 2.45) is 0 Å². The van der Waals surface area contributed by atoms with Crippen molar-refractivity contribution < 1.29 is 19.1 Å². The number of carbonyl (C=O) groups excluding carboxylic acids is 3. The maximum absolute atomic E-state index is 11.7. The highest BCUT2D eigenvalue weighted by Gasteiger charge is 2.27. The first kappa shape index (κ1) is 13.6. The number of hydrogen-bond donors (Lipinski definition) is 0. The molecule has 1 aromatic carbocycles. The van der Waals surface area contributed by atoms with E-state index < -0.39 is 0 Å². The van der Waals surface area contributed by atoms with Crippen LogP contribution >= 0.6 is 11.8 Å². The molecule has 0 unspecified atom stereocenters. The van der Waals surface area contributed by atoms with Crippen LogP contribution in [-0.2, 0) is 11.3 Å². The molecule has 0 radical (unpaired) electrons. The summed E-state index contributed by atoms with van der Waals surface area (Å²) in [6.45, 7) is 0.134. The van der Waals surface area contributed by atoms with Crippen LogP contribution in [0.3, 0.4) is 0 Å². The van der Waals surface area contributed by atoms with E-state index >= 15 is 0 Å². The van der Waals surface area contributed by atoms with E-state index in [1.165, 1.54) is 12.0 Å². The van der Waals surface area contributed by atoms with Crippen LogP contribution in [0.25, 0.3) is 0 Å². The molecular weight excluding hydrogens is 266 g/mol. The molecule has 6 heteroatoms. The maximum Gasteiger partial charge on any atom is 0.288 e. The zero-order valence-electron chi connectivity index (χ0n) is 10.4. The lowest BCUT2D eigenvalue weighted by molar-refractivity contribution is -0.128. The number of carbonyl (C=O) groups is 3. The smallest absolute Gasteiger partial charge is 0.288 e. The van der Waals surface area contributed by atoms with Crippen LogP contribution in [0.2, 0.25) is 0 Å².